The third-order valence-corrected chi connectivity index (χ3v) is 10.9. The molecule has 7 atom stereocenters. The van der Waals surface area contributed by atoms with Crippen LogP contribution in [0.1, 0.15) is 200 Å². The predicted octanol–water partition coefficient (Wildman–Crippen LogP) is 9.67. The summed E-state index contributed by atoms with van der Waals surface area (Å²) in [6.07, 6.45) is 39.0. The Hall–Kier alpha value is -1.59. The van der Waals surface area contributed by atoms with Crippen molar-refractivity contribution < 1.29 is 39.8 Å². The van der Waals surface area contributed by atoms with Gasteiger partial charge in [-0.05, 0) is 44.9 Å². The lowest BCUT2D eigenvalue weighted by Crippen LogP contribution is -2.60. The fraction of sp³-hybridized carbons (Fsp3) is 0.851. The van der Waals surface area contributed by atoms with Crippen molar-refractivity contribution in [1.29, 1.82) is 0 Å². The highest BCUT2D eigenvalue weighted by molar-refractivity contribution is 5.76. The number of rotatable bonds is 38. The average Bonchev–Trinajstić information content (AvgIpc) is 3.20. The largest absolute Gasteiger partial charge is 0.394 e. The van der Waals surface area contributed by atoms with Gasteiger partial charge in [0.1, 0.15) is 24.4 Å². The van der Waals surface area contributed by atoms with Crippen LogP contribution in [0.4, 0.5) is 0 Å². The summed E-state index contributed by atoms with van der Waals surface area (Å²) in [5.41, 5.74) is 0. The number of aliphatic hydroxyl groups is 5. The van der Waals surface area contributed by atoms with E-state index in [9.17, 15) is 30.3 Å². The molecule has 6 N–H and O–H groups in total. The van der Waals surface area contributed by atoms with Crippen molar-refractivity contribution >= 4 is 5.91 Å². The molecule has 0 bridgehead atoms. The maximum atomic E-state index is 12.9. The summed E-state index contributed by atoms with van der Waals surface area (Å²) >= 11 is 0. The van der Waals surface area contributed by atoms with Crippen molar-refractivity contribution in [2.75, 3.05) is 13.2 Å². The molecule has 1 aliphatic heterocycles. The van der Waals surface area contributed by atoms with Gasteiger partial charge in [-0.15, -0.1) is 0 Å². The Morgan fingerprint density at radius 1 is 0.589 bits per heavy atom. The van der Waals surface area contributed by atoms with Crippen LogP contribution in [0.2, 0.25) is 0 Å². The molecule has 0 aromatic carbocycles. The number of hydrogen-bond donors (Lipinski definition) is 6. The van der Waals surface area contributed by atoms with E-state index >= 15 is 0 Å². The summed E-state index contributed by atoms with van der Waals surface area (Å²) in [6.45, 7) is 3.73. The summed E-state index contributed by atoms with van der Waals surface area (Å²) in [5.74, 6) is -0.190. The number of allylic oxidation sites excluding steroid dienone is 5. The fourth-order valence-corrected chi connectivity index (χ4v) is 7.19. The summed E-state index contributed by atoms with van der Waals surface area (Å²) in [4.78, 5) is 12.9. The molecule has 0 radical (unpaired) electrons. The van der Waals surface area contributed by atoms with Gasteiger partial charge in [0, 0.05) is 6.42 Å². The van der Waals surface area contributed by atoms with E-state index in [0.29, 0.717) is 6.42 Å². The molecule has 328 valence electrons. The van der Waals surface area contributed by atoms with Gasteiger partial charge in [0.2, 0.25) is 5.91 Å². The molecule has 0 aromatic rings. The normalized spacial score (nSPS) is 21.4. The maximum absolute atomic E-state index is 12.9. The van der Waals surface area contributed by atoms with E-state index in [4.69, 9.17) is 9.47 Å². The zero-order valence-corrected chi connectivity index (χ0v) is 35.9. The molecule has 56 heavy (non-hydrogen) atoms. The molecule has 7 unspecified atom stereocenters. The highest BCUT2D eigenvalue weighted by atomic mass is 16.7. The third kappa shape index (κ3) is 27.9. The number of nitrogens with one attached hydrogen (secondary N) is 1. The Balaban J connectivity index is 2.36. The Kier molecular flexibility index (Phi) is 35.3. The van der Waals surface area contributed by atoms with Crippen LogP contribution in [0.5, 0.6) is 0 Å². The van der Waals surface area contributed by atoms with Gasteiger partial charge in [-0.25, -0.2) is 0 Å². The zero-order valence-electron chi connectivity index (χ0n) is 35.9. The number of carbonyl (C=O) groups excluding carboxylic acids is 1. The van der Waals surface area contributed by atoms with Gasteiger partial charge in [0.25, 0.3) is 0 Å². The summed E-state index contributed by atoms with van der Waals surface area (Å²) in [5, 5.41) is 54.1. The smallest absolute Gasteiger partial charge is 0.220 e. The first kappa shape index (κ1) is 52.4. The van der Waals surface area contributed by atoms with Crippen LogP contribution in [-0.2, 0) is 14.3 Å². The van der Waals surface area contributed by atoms with E-state index in [1.54, 1.807) is 6.08 Å². The molecule has 0 aliphatic carbocycles. The van der Waals surface area contributed by atoms with E-state index in [0.717, 1.165) is 51.4 Å². The van der Waals surface area contributed by atoms with Gasteiger partial charge in [-0.3, -0.25) is 4.79 Å². The topological polar surface area (TPSA) is 149 Å². The van der Waals surface area contributed by atoms with E-state index in [2.05, 4.69) is 43.5 Å². The maximum Gasteiger partial charge on any atom is 0.220 e. The van der Waals surface area contributed by atoms with Gasteiger partial charge in [0.15, 0.2) is 6.29 Å². The molecule has 0 spiro atoms. The van der Waals surface area contributed by atoms with Crippen LogP contribution >= 0.6 is 0 Å². The van der Waals surface area contributed by atoms with Crippen LogP contribution in [0.3, 0.4) is 0 Å². The van der Waals surface area contributed by atoms with Crippen molar-refractivity contribution in [1.82, 2.24) is 5.32 Å². The molecule has 1 fully saturated rings. The molecule has 1 saturated heterocycles. The molecule has 1 rings (SSSR count). The van der Waals surface area contributed by atoms with Gasteiger partial charge >= 0.3 is 0 Å². The van der Waals surface area contributed by atoms with Crippen LogP contribution in [0.25, 0.3) is 0 Å². The monoisotopic (exact) mass is 794 g/mol. The predicted molar refractivity (Wildman–Crippen MR) is 230 cm³/mol. The minimum Gasteiger partial charge on any atom is -0.394 e. The number of carbonyl (C=O) groups is 1. The van der Waals surface area contributed by atoms with Crippen molar-refractivity contribution in [2.45, 2.75) is 243 Å². The van der Waals surface area contributed by atoms with Crippen LogP contribution in [0.15, 0.2) is 36.5 Å². The van der Waals surface area contributed by atoms with Crippen molar-refractivity contribution in [3.63, 3.8) is 0 Å². The molecule has 1 amide bonds. The molecule has 0 saturated carbocycles. The number of aliphatic hydroxyl groups excluding tert-OH is 5. The molecular weight excluding hydrogens is 707 g/mol. The van der Waals surface area contributed by atoms with E-state index in [1.807, 2.05) is 6.08 Å². The summed E-state index contributed by atoms with van der Waals surface area (Å²) < 4.78 is 11.2. The van der Waals surface area contributed by atoms with Crippen LogP contribution in [0, 0.1) is 0 Å². The highest BCUT2D eigenvalue weighted by Gasteiger charge is 2.44. The average molecular weight is 794 g/mol. The quantitative estimate of drug-likeness (QED) is 0.0268. The van der Waals surface area contributed by atoms with Crippen LogP contribution < -0.4 is 5.32 Å². The van der Waals surface area contributed by atoms with Crippen molar-refractivity contribution in [3.8, 4) is 0 Å². The first-order valence-electron chi connectivity index (χ1n) is 23.2. The standard InChI is InChI=1S/C47H87NO8/c1-3-5-7-9-11-13-15-17-19-20-21-22-23-25-27-29-31-33-35-37-43(51)48-40(39-55-47-46(54)45(53)44(52)42(38-49)56-47)41(50)36-34-32-30-28-26-24-18-16-14-12-10-8-6-4-2/h14,16,26,28,34,36,40-42,44-47,49-50,52-54H,3-13,15,17-25,27,29-33,35,37-39H2,1-2H3,(H,48,51)/b16-14+,28-26+,36-34+. The Labute approximate surface area is 342 Å². The lowest BCUT2D eigenvalue weighted by atomic mass is 9.99. The molecule has 1 heterocycles. The summed E-state index contributed by atoms with van der Waals surface area (Å²) in [6, 6.07) is -0.823. The first-order chi connectivity index (χ1) is 27.3. The van der Waals surface area contributed by atoms with Crippen molar-refractivity contribution in [2.24, 2.45) is 0 Å². The molecule has 1 aliphatic rings. The minimum absolute atomic E-state index is 0.190. The Morgan fingerprint density at radius 2 is 1.02 bits per heavy atom. The molecule has 0 aromatic heterocycles. The Bertz CT molecular complexity index is 972. The molecular formula is C47H87NO8. The highest BCUT2D eigenvalue weighted by Crippen LogP contribution is 2.22. The lowest BCUT2D eigenvalue weighted by molar-refractivity contribution is -0.302. The lowest BCUT2D eigenvalue weighted by Gasteiger charge is -2.40. The van der Waals surface area contributed by atoms with Gasteiger partial charge in [-0.2, -0.15) is 0 Å². The third-order valence-electron chi connectivity index (χ3n) is 10.9. The van der Waals surface area contributed by atoms with Gasteiger partial charge < -0.3 is 40.3 Å². The number of unbranched alkanes of at least 4 members (excludes halogenated alkanes) is 24. The van der Waals surface area contributed by atoms with Crippen molar-refractivity contribution in [3.05, 3.63) is 36.5 Å². The van der Waals surface area contributed by atoms with Gasteiger partial charge in [-0.1, -0.05) is 185 Å². The zero-order chi connectivity index (χ0) is 40.9. The second kappa shape index (κ2) is 37.7. The summed E-state index contributed by atoms with van der Waals surface area (Å²) in [7, 11) is 0. The first-order valence-corrected chi connectivity index (χ1v) is 23.2. The SMILES string of the molecule is CCCCCC/C=C/CC/C=C/CC/C=C/C(O)C(COC1OC(CO)C(O)C(O)C1O)NC(=O)CCCCCCCCCCCCCCCCCCCCC. The number of amides is 1. The number of ether oxygens (including phenoxy) is 2. The minimum atomic E-state index is -1.57. The molecule has 9 heteroatoms. The van der Waals surface area contributed by atoms with Crippen LogP contribution in [-0.4, -0.2) is 87.5 Å². The van der Waals surface area contributed by atoms with E-state index in [-0.39, 0.29) is 12.5 Å². The molecule has 9 nitrogen and oxygen atoms in total. The van der Waals surface area contributed by atoms with Gasteiger partial charge in [0.05, 0.1) is 25.4 Å². The van der Waals surface area contributed by atoms with E-state index < -0.39 is 49.5 Å². The van der Waals surface area contributed by atoms with E-state index in [1.165, 1.54) is 128 Å². The Morgan fingerprint density at radius 3 is 1.50 bits per heavy atom. The second-order valence-corrected chi connectivity index (χ2v) is 16.2. The second-order valence-electron chi connectivity index (χ2n) is 16.2. The number of hydrogen-bond acceptors (Lipinski definition) is 8. The fourth-order valence-electron chi connectivity index (χ4n) is 7.19.